The number of hydrogen-bond donors (Lipinski definition) is 1. The molecule has 2 unspecified atom stereocenters. The van der Waals surface area contributed by atoms with E-state index < -0.39 is 0 Å². The summed E-state index contributed by atoms with van der Waals surface area (Å²) in [6.07, 6.45) is 0. The van der Waals surface area contributed by atoms with Gasteiger partial charge in [-0.05, 0) is 43.1 Å². The van der Waals surface area contributed by atoms with Gasteiger partial charge < -0.3 is 14.8 Å². The van der Waals surface area contributed by atoms with E-state index in [1.807, 2.05) is 26.1 Å². The lowest BCUT2D eigenvalue weighted by molar-refractivity contribution is 0.174. The highest BCUT2D eigenvalue weighted by molar-refractivity contribution is 5.49. The average Bonchev–Trinajstić information content (AvgIpc) is 2.81. The van der Waals surface area contributed by atoms with E-state index in [0.717, 1.165) is 22.6 Å². The molecule has 0 radical (unpaired) electrons. The van der Waals surface area contributed by atoms with E-state index in [1.54, 1.807) is 0 Å². The summed E-state index contributed by atoms with van der Waals surface area (Å²) >= 11 is 0. The second-order valence-corrected chi connectivity index (χ2v) is 5.23. The van der Waals surface area contributed by atoms with Crippen molar-refractivity contribution in [1.82, 2.24) is 5.32 Å². The molecular formula is C15H20N2O2. The van der Waals surface area contributed by atoms with Crippen LogP contribution in [0.25, 0.3) is 0 Å². The van der Waals surface area contributed by atoms with Gasteiger partial charge in [0, 0.05) is 6.04 Å². The van der Waals surface area contributed by atoms with Crippen LogP contribution in [-0.2, 0) is 0 Å². The van der Waals surface area contributed by atoms with Crippen molar-refractivity contribution in [3.8, 4) is 17.6 Å². The molecule has 0 saturated carbocycles. The molecule has 1 aliphatic heterocycles. The summed E-state index contributed by atoms with van der Waals surface area (Å²) in [6, 6.07) is 6.39. The highest BCUT2D eigenvalue weighted by Gasteiger charge is 2.28. The molecular weight excluding hydrogens is 240 g/mol. The average molecular weight is 260 g/mol. The van der Waals surface area contributed by atoms with Gasteiger partial charge in [0.05, 0.1) is 12.0 Å². The van der Waals surface area contributed by atoms with Crippen molar-refractivity contribution in [2.24, 2.45) is 11.8 Å². The molecule has 4 heteroatoms. The zero-order valence-corrected chi connectivity index (χ0v) is 11.9. The van der Waals surface area contributed by atoms with Gasteiger partial charge >= 0.3 is 0 Å². The number of ether oxygens (including phenoxy) is 2. The molecule has 0 saturated heterocycles. The molecule has 0 amide bonds. The Kier molecular flexibility index (Phi) is 3.96. The third kappa shape index (κ3) is 2.52. The second-order valence-electron chi connectivity index (χ2n) is 5.23. The Morgan fingerprint density at radius 3 is 2.42 bits per heavy atom. The minimum absolute atomic E-state index is 0.000463. The number of nitriles is 1. The van der Waals surface area contributed by atoms with Crippen LogP contribution in [0.1, 0.15) is 31.0 Å². The number of hydrogen-bond acceptors (Lipinski definition) is 4. The molecule has 0 fully saturated rings. The summed E-state index contributed by atoms with van der Waals surface area (Å²) in [6.45, 7) is 6.45. The highest BCUT2D eigenvalue weighted by atomic mass is 16.7. The maximum absolute atomic E-state index is 9.40. The van der Waals surface area contributed by atoms with E-state index >= 15 is 0 Å². The van der Waals surface area contributed by atoms with Crippen LogP contribution in [0.3, 0.4) is 0 Å². The van der Waals surface area contributed by atoms with Crippen molar-refractivity contribution in [3.63, 3.8) is 0 Å². The lowest BCUT2D eigenvalue weighted by atomic mass is 9.84. The third-order valence-electron chi connectivity index (χ3n) is 3.63. The molecule has 1 aromatic rings. The number of fused-ring (bicyclic) bond motifs is 1. The van der Waals surface area contributed by atoms with Crippen LogP contribution < -0.4 is 14.8 Å². The second kappa shape index (κ2) is 5.50. The normalized spacial score (nSPS) is 16.2. The first kappa shape index (κ1) is 13.7. The van der Waals surface area contributed by atoms with Crippen LogP contribution in [0.15, 0.2) is 12.1 Å². The molecule has 1 aromatic carbocycles. The molecule has 2 rings (SSSR count). The molecule has 102 valence electrons. The summed E-state index contributed by atoms with van der Waals surface area (Å²) in [4.78, 5) is 0. The Balaban J connectivity index is 2.41. The standard InChI is InChI=1S/C15H20N2O2/c1-9(2)12(7-16)15(17-4)11-6-14-13(5-10(11)3)18-8-19-14/h5-6,9,12,15,17H,8H2,1-4H3. The van der Waals surface area contributed by atoms with Crippen LogP contribution in [0, 0.1) is 30.1 Å². The van der Waals surface area contributed by atoms with Crippen molar-refractivity contribution in [1.29, 1.82) is 5.26 Å². The van der Waals surface area contributed by atoms with E-state index in [9.17, 15) is 5.26 Å². The Morgan fingerprint density at radius 2 is 1.89 bits per heavy atom. The Morgan fingerprint density at radius 1 is 1.26 bits per heavy atom. The van der Waals surface area contributed by atoms with Crippen molar-refractivity contribution < 1.29 is 9.47 Å². The SMILES string of the molecule is CNC(c1cc2c(cc1C)OCO2)C(C#N)C(C)C. The van der Waals surface area contributed by atoms with Crippen molar-refractivity contribution in [2.45, 2.75) is 26.8 Å². The summed E-state index contributed by atoms with van der Waals surface area (Å²) < 4.78 is 10.8. The van der Waals surface area contributed by atoms with Crippen LogP contribution in [0.5, 0.6) is 11.5 Å². The van der Waals surface area contributed by atoms with Crippen molar-refractivity contribution in [3.05, 3.63) is 23.3 Å². The number of rotatable bonds is 4. The first-order chi connectivity index (χ1) is 9.08. The van der Waals surface area contributed by atoms with Gasteiger partial charge in [-0.1, -0.05) is 13.8 Å². The number of benzene rings is 1. The van der Waals surface area contributed by atoms with Crippen molar-refractivity contribution >= 4 is 0 Å². The van der Waals surface area contributed by atoms with Crippen LogP contribution >= 0.6 is 0 Å². The van der Waals surface area contributed by atoms with E-state index in [4.69, 9.17) is 9.47 Å². The highest BCUT2D eigenvalue weighted by Crippen LogP contribution is 2.39. The Bertz CT molecular complexity index is 506. The molecule has 0 aliphatic carbocycles. The van der Waals surface area contributed by atoms with Crippen LogP contribution in [0.4, 0.5) is 0 Å². The minimum atomic E-state index is -0.0796. The van der Waals surface area contributed by atoms with Gasteiger partial charge in [0.15, 0.2) is 11.5 Å². The fraction of sp³-hybridized carbons (Fsp3) is 0.533. The Hall–Kier alpha value is -1.73. The largest absolute Gasteiger partial charge is 0.454 e. The zero-order valence-electron chi connectivity index (χ0n) is 11.9. The van der Waals surface area contributed by atoms with E-state index in [0.29, 0.717) is 0 Å². The lowest BCUT2D eigenvalue weighted by Crippen LogP contribution is -2.28. The molecule has 1 N–H and O–H groups in total. The summed E-state index contributed by atoms with van der Waals surface area (Å²) in [5.74, 6) is 1.76. The first-order valence-corrected chi connectivity index (χ1v) is 6.55. The van der Waals surface area contributed by atoms with E-state index in [2.05, 4.69) is 25.2 Å². The van der Waals surface area contributed by atoms with Gasteiger partial charge in [-0.3, -0.25) is 0 Å². The minimum Gasteiger partial charge on any atom is -0.454 e. The Labute approximate surface area is 114 Å². The monoisotopic (exact) mass is 260 g/mol. The molecule has 4 nitrogen and oxygen atoms in total. The third-order valence-corrected chi connectivity index (χ3v) is 3.63. The predicted octanol–water partition coefficient (Wildman–Crippen LogP) is 2.78. The number of nitrogens with zero attached hydrogens (tertiary/aromatic N) is 1. The fourth-order valence-corrected chi connectivity index (χ4v) is 2.53. The van der Waals surface area contributed by atoms with Gasteiger partial charge in [-0.2, -0.15) is 5.26 Å². The topological polar surface area (TPSA) is 54.3 Å². The predicted molar refractivity (Wildman–Crippen MR) is 73.0 cm³/mol. The molecule has 0 aromatic heterocycles. The van der Waals surface area contributed by atoms with Gasteiger partial charge in [-0.25, -0.2) is 0 Å². The number of aryl methyl sites for hydroxylation is 1. The summed E-state index contributed by atoms with van der Waals surface area (Å²) in [5.41, 5.74) is 2.22. The molecule has 1 aliphatic rings. The van der Waals surface area contributed by atoms with Gasteiger partial charge in [0.25, 0.3) is 0 Å². The van der Waals surface area contributed by atoms with Crippen molar-refractivity contribution in [2.75, 3.05) is 13.8 Å². The van der Waals surface area contributed by atoms with E-state index in [1.165, 1.54) is 0 Å². The molecule has 2 atom stereocenters. The van der Waals surface area contributed by atoms with Crippen LogP contribution in [0.2, 0.25) is 0 Å². The molecule has 0 bridgehead atoms. The maximum Gasteiger partial charge on any atom is 0.231 e. The molecule has 19 heavy (non-hydrogen) atoms. The van der Waals surface area contributed by atoms with Gasteiger partial charge in [-0.15, -0.1) is 0 Å². The smallest absolute Gasteiger partial charge is 0.231 e. The van der Waals surface area contributed by atoms with E-state index in [-0.39, 0.29) is 24.7 Å². The first-order valence-electron chi connectivity index (χ1n) is 6.55. The molecule has 1 heterocycles. The van der Waals surface area contributed by atoms with Gasteiger partial charge in [0.1, 0.15) is 0 Å². The molecule has 0 spiro atoms. The fourth-order valence-electron chi connectivity index (χ4n) is 2.53. The van der Waals surface area contributed by atoms with Crippen LogP contribution in [-0.4, -0.2) is 13.8 Å². The van der Waals surface area contributed by atoms with Gasteiger partial charge in [0.2, 0.25) is 6.79 Å². The lowest BCUT2D eigenvalue weighted by Gasteiger charge is -2.26. The summed E-state index contributed by atoms with van der Waals surface area (Å²) in [7, 11) is 1.89. The maximum atomic E-state index is 9.40. The zero-order chi connectivity index (χ0) is 14.0. The quantitative estimate of drug-likeness (QED) is 0.904. The summed E-state index contributed by atoms with van der Waals surface area (Å²) in [5, 5.41) is 12.7. The number of nitrogens with one attached hydrogen (secondary N) is 1.